The van der Waals surface area contributed by atoms with Crippen molar-refractivity contribution in [2.24, 2.45) is 0 Å². The molecule has 1 nitrogen and oxygen atoms in total. The van der Waals surface area contributed by atoms with Gasteiger partial charge in [-0.05, 0) is 0 Å². The van der Waals surface area contributed by atoms with Crippen molar-refractivity contribution in [2.75, 3.05) is 0 Å². The standard InChI is InChI=1S/Fe.Mn.O.H3P/h;;;1H3. The first-order chi connectivity index (χ1) is 1.00. The fourth-order valence-electron chi connectivity index (χ4n) is 0. The van der Waals surface area contributed by atoms with Gasteiger partial charge in [0.1, 0.15) is 0 Å². The van der Waals surface area contributed by atoms with Crippen LogP contribution in [0.2, 0.25) is 0 Å². The SMILES string of the molecule is P.[Fe].[O]=[Mn]. The van der Waals surface area contributed by atoms with E-state index in [1.807, 2.05) is 0 Å². The van der Waals surface area contributed by atoms with Gasteiger partial charge in [-0.3, -0.25) is 0 Å². The van der Waals surface area contributed by atoms with Crippen molar-refractivity contribution in [3.05, 3.63) is 0 Å². The Kier molecular flexibility index (Phi) is 132. The first-order valence-corrected chi connectivity index (χ1v) is 0.636. The monoisotopic (exact) mass is 161 g/mol. The fraction of sp³-hybridized carbons (Fsp3) is 0. The van der Waals surface area contributed by atoms with Crippen molar-refractivity contribution in [1.29, 1.82) is 0 Å². The summed E-state index contributed by atoms with van der Waals surface area (Å²) in [5.74, 6) is 0. The predicted octanol–water partition coefficient (Wildman–Crippen LogP) is -0.0657. The van der Waals surface area contributed by atoms with Crippen LogP contribution in [0.1, 0.15) is 0 Å². The van der Waals surface area contributed by atoms with Gasteiger partial charge < -0.3 is 0 Å². The number of rotatable bonds is 0. The minimum atomic E-state index is 0. The minimum absolute atomic E-state index is 0. The Labute approximate surface area is 47.0 Å². The topological polar surface area (TPSA) is 17.1 Å². The second-order valence-corrected chi connectivity index (χ2v) is 0. The van der Waals surface area contributed by atoms with Gasteiger partial charge in [0.25, 0.3) is 0 Å². The molecule has 0 rings (SSSR count). The summed E-state index contributed by atoms with van der Waals surface area (Å²) in [7, 11) is 0. The second kappa shape index (κ2) is 28.3. The maximum atomic E-state index is 8.06. The quantitative estimate of drug-likeness (QED) is 0.359. The van der Waals surface area contributed by atoms with E-state index >= 15 is 0 Å². The van der Waals surface area contributed by atoms with Crippen molar-refractivity contribution < 1.29 is 36.8 Å². The summed E-state index contributed by atoms with van der Waals surface area (Å²) in [5.41, 5.74) is 0. The van der Waals surface area contributed by atoms with Gasteiger partial charge in [0.15, 0.2) is 0 Å². The van der Waals surface area contributed by atoms with Crippen LogP contribution in [0.25, 0.3) is 0 Å². The molecule has 0 aliphatic rings. The van der Waals surface area contributed by atoms with E-state index in [2.05, 4.69) is 0 Å². The summed E-state index contributed by atoms with van der Waals surface area (Å²) in [6.07, 6.45) is 0. The Balaban J connectivity index is -0.00000000500. The van der Waals surface area contributed by atoms with Crippen LogP contribution in [0.4, 0.5) is 0 Å². The van der Waals surface area contributed by atoms with E-state index < -0.39 is 0 Å². The Bertz CT molecular complexity index is 8.00. The van der Waals surface area contributed by atoms with Crippen LogP contribution < -0.4 is 0 Å². The molecule has 0 aromatic heterocycles. The Hall–Kier alpha value is 1.27. The Morgan fingerprint density at radius 3 is 1.25 bits per heavy atom. The molecule has 0 N–H and O–H groups in total. The van der Waals surface area contributed by atoms with Gasteiger partial charge in [0, 0.05) is 17.1 Å². The number of hydrogen-bond donors (Lipinski definition) is 0. The Morgan fingerprint density at radius 1 is 1.25 bits per heavy atom. The van der Waals surface area contributed by atoms with Crippen molar-refractivity contribution in [1.82, 2.24) is 0 Å². The van der Waals surface area contributed by atoms with E-state index in [4.69, 9.17) is 3.83 Å². The van der Waals surface area contributed by atoms with Crippen molar-refractivity contribution in [3.63, 3.8) is 0 Å². The molecule has 0 fully saturated rings. The molecule has 29 valence electrons. The van der Waals surface area contributed by atoms with Crippen molar-refractivity contribution in [3.8, 4) is 0 Å². The zero-order valence-electron chi connectivity index (χ0n) is 1.85. The summed E-state index contributed by atoms with van der Waals surface area (Å²) < 4.78 is 8.06. The van der Waals surface area contributed by atoms with Crippen LogP contribution >= 0.6 is 9.90 Å². The molecule has 4 heteroatoms. The van der Waals surface area contributed by atoms with E-state index in [0.29, 0.717) is 0 Å². The molecule has 0 saturated carbocycles. The molecule has 0 heterocycles. The van der Waals surface area contributed by atoms with Crippen LogP contribution in [0.15, 0.2) is 0 Å². The summed E-state index contributed by atoms with van der Waals surface area (Å²) >= 11 is 1.69. The average molecular weight is 161 g/mol. The van der Waals surface area contributed by atoms with E-state index in [1.165, 1.54) is 0 Å². The summed E-state index contributed by atoms with van der Waals surface area (Å²) in [6, 6.07) is 0. The van der Waals surface area contributed by atoms with Crippen LogP contribution in [-0.2, 0) is 36.8 Å². The van der Waals surface area contributed by atoms with Crippen LogP contribution in [0.5, 0.6) is 0 Å². The van der Waals surface area contributed by atoms with E-state index in [-0.39, 0.29) is 27.0 Å². The maximum absolute atomic E-state index is 8.06. The first-order valence-electron chi connectivity index (χ1n) is 0.154. The van der Waals surface area contributed by atoms with E-state index in [0.717, 1.165) is 0 Å². The fourth-order valence-corrected chi connectivity index (χ4v) is 0. The van der Waals surface area contributed by atoms with E-state index in [9.17, 15) is 0 Å². The zero-order chi connectivity index (χ0) is 2.00. The van der Waals surface area contributed by atoms with Gasteiger partial charge in [-0.15, -0.1) is 0 Å². The molecule has 0 aliphatic heterocycles. The number of hydrogen-bond acceptors (Lipinski definition) is 1. The molecule has 4 heavy (non-hydrogen) atoms. The third-order valence-corrected chi connectivity index (χ3v) is 0. The van der Waals surface area contributed by atoms with Gasteiger partial charge in [0.05, 0.1) is 0 Å². The molecule has 0 radical (unpaired) electrons. The summed E-state index contributed by atoms with van der Waals surface area (Å²) in [4.78, 5) is 0. The first kappa shape index (κ1) is 18.7. The van der Waals surface area contributed by atoms with Crippen molar-refractivity contribution in [2.45, 2.75) is 0 Å². The molecule has 1 unspecified atom stereocenters. The molecule has 0 amide bonds. The third-order valence-electron chi connectivity index (χ3n) is 0. The van der Waals surface area contributed by atoms with E-state index in [1.54, 1.807) is 15.9 Å². The molecule has 0 aromatic rings. The summed E-state index contributed by atoms with van der Waals surface area (Å²) in [5, 5.41) is 0. The molecular weight excluding hydrogens is 158 g/mol. The third kappa shape index (κ3) is 10.5. The van der Waals surface area contributed by atoms with Gasteiger partial charge in [-0.1, -0.05) is 0 Å². The average Bonchev–Trinajstić information content (AvgIpc) is 1.00. The predicted molar refractivity (Wildman–Crippen MR) is 11.8 cm³/mol. The van der Waals surface area contributed by atoms with Crippen LogP contribution in [0.3, 0.4) is 0 Å². The van der Waals surface area contributed by atoms with Gasteiger partial charge in [0.2, 0.25) is 0 Å². The zero-order valence-corrected chi connectivity index (χ0v) is 5.55. The molecule has 0 aliphatic carbocycles. The van der Waals surface area contributed by atoms with Crippen LogP contribution in [0, 0.1) is 0 Å². The molecule has 0 spiro atoms. The van der Waals surface area contributed by atoms with Gasteiger partial charge >= 0.3 is 19.8 Å². The molecule has 1 atom stereocenters. The molecular formula is H3FeMnOP. The Morgan fingerprint density at radius 2 is 1.25 bits per heavy atom. The molecule has 0 aromatic carbocycles. The molecule has 0 saturated heterocycles. The normalized spacial score (nSPS) is 1.00. The van der Waals surface area contributed by atoms with Crippen molar-refractivity contribution >= 4 is 9.90 Å². The van der Waals surface area contributed by atoms with Gasteiger partial charge in [-0.2, -0.15) is 9.90 Å². The second-order valence-electron chi connectivity index (χ2n) is 0. The molecule has 0 bridgehead atoms. The van der Waals surface area contributed by atoms with Crippen LogP contribution in [-0.4, -0.2) is 0 Å². The van der Waals surface area contributed by atoms with Gasteiger partial charge in [-0.25, -0.2) is 0 Å². The summed E-state index contributed by atoms with van der Waals surface area (Å²) in [6.45, 7) is 0.